The van der Waals surface area contributed by atoms with E-state index in [4.69, 9.17) is 6.42 Å². The van der Waals surface area contributed by atoms with E-state index < -0.39 is 5.54 Å². The standard InChI is InChI=1S/C17H24N2O2/c1-6-8-16(21)18-13-9-10-15(20)14(11-13)12(3)19-17(4,5)7-2/h2,9-12,19-20H,6,8H2,1,3-5H3,(H,18,21). The molecule has 1 amide bonds. The van der Waals surface area contributed by atoms with Crippen molar-refractivity contribution in [3.63, 3.8) is 0 Å². The van der Waals surface area contributed by atoms with Crippen LogP contribution in [0, 0.1) is 12.3 Å². The third kappa shape index (κ3) is 5.13. The van der Waals surface area contributed by atoms with Gasteiger partial charge in [0, 0.05) is 23.7 Å². The van der Waals surface area contributed by atoms with E-state index in [9.17, 15) is 9.90 Å². The number of phenolic OH excluding ortho intramolecular Hbond substituents is 1. The van der Waals surface area contributed by atoms with Crippen LogP contribution in [0.5, 0.6) is 5.75 Å². The summed E-state index contributed by atoms with van der Waals surface area (Å²) in [5.74, 6) is 2.81. The van der Waals surface area contributed by atoms with Crippen LogP contribution in [-0.2, 0) is 4.79 Å². The van der Waals surface area contributed by atoms with Crippen LogP contribution in [0.1, 0.15) is 52.1 Å². The van der Waals surface area contributed by atoms with Crippen LogP contribution in [0.25, 0.3) is 0 Å². The van der Waals surface area contributed by atoms with Crippen molar-refractivity contribution in [2.45, 2.75) is 52.1 Å². The number of rotatable bonds is 6. The van der Waals surface area contributed by atoms with E-state index in [1.807, 2.05) is 27.7 Å². The van der Waals surface area contributed by atoms with Crippen molar-refractivity contribution >= 4 is 11.6 Å². The zero-order valence-electron chi connectivity index (χ0n) is 13.2. The maximum Gasteiger partial charge on any atom is 0.224 e. The van der Waals surface area contributed by atoms with Gasteiger partial charge in [0.2, 0.25) is 5.91 Å². The van der Waals surface area contributed by atoms with Crippen LogP contribution in [-0.4, -0.2) is 16.6 Å². The Hall–Kier alpha value is -1.99. The normalized spacial score (nSPS) is 12.5. The minimum absolute atomic E-state index is 0.0290. The predicted octanol–water partition coefficient (Wildman–Crippen LogP) is 3.19. The highest BCUT2D eigenvalue weighted by atomic mass is 16.3. The van der Waals surface area contributed by atoms with Gasteiger partial charge in [0.15, 0.2) is 0 Å². The zero-order chi connectivity index (χ0) is 16.0. The molecule has 0 radical (unpaired) electrons. The first kappa shape index (κ1) is 17.1. The van der Waals surface area contributed by atoms with Gasteiger partial charge in [-0.2, -0.15) is 0 Å². The SMILES string of the molecule is C#CC(C)(C)NC(C)c1cc(NC(=O)CCC)ccc1O. The lowest BCUT2D eigenvalue weighted by Gasteiger charge is -2.26. The number of amides is 1. The summed E-state index contributed by atoms with van der Waals surface area (Å²) in [5, 5.41) is 16.1. The Balaban J connectivity index is 2.92. The predicted molar refractivity (Wildman–Crippen MR) is 86.1 cm³/mol. The van der Waals surface area contributed by atoms with E-state index in [2.05, 4.69) is 16.6 Å². The van der Waals surface area contributed by atoms with E-state index in [1.54, 1.807) is 18.2 Å². The zero-order valence-corrected chi connectivity index (χ0v) is 13.2. The molecular weight excluding hydrogens is 264 g/mol. The van der Waals surface area contributed by atoms with E-state index in [0.29, 0.717) is 17.7 Å². The summed E-state index contributed by atoms with van der Waals surface area (Å²) in [6.45, 7) is 7.67. The van der Waals surface area contributed by atoms with Crippen molar-refractivity contribution in [3.8, 4) is 18.1 Å². The molecule has 3 N–H and O–H groups in total. The van der Waals surface area contributed by atoms with Gasteiger partial charge in [-0.05, 0) is 45.4 Å². The lowest BCUT2D eigenvalue weighted by molar-refractivity contribution is -0.116. The summed E-state index contributed by atoms with van der Waals surface area (Å²) in [4.78, 5) is 11.6. The first-order valence-corrected chi connectivity index (χ1v) is 7.17. The molecule has 0 fully saturated rings. The third-order valence-electron chi connectivity index (χ3n) is 3.19. The molecule has 21 heavy (non-hydrogen) atoms. The average Bonchev–Trinajstić information content (AvgIpc) is 2.40. The molecule has 1 unspecified atom stereocenters. The minimum atomic E-state index is -0.479. The second kappa shape index (κ2) is 7.14. The number of benzene rings is 1. The number of anilines is 1. The first-order valence-electron chi connectivity index (χ1n) is 7.17. The number of hydrogen-bond acceptors (Lipinski definition) is 3. The van der Waals surface area contributed by atoms with Crippen LogP contribution in [0.15, 0.2) is 18.2 Å². The van der Waals surface area contributed by atoms with Gasteiger partial charge >= 0.3 is 0 Å². The average molecular weight is 288 g/mol. The Morgan fingerprint density at radius 2 is 2.14 bits per heavy atom. The molecule has 1 aromatic carbocycles. The molecule has 0 spiro atoms. The molecule has 1 rings (SSSR count). The highest BCUT2D eigenvalue weighted by Crippen LogP contribution is 2.28. The van der Waals surface area contributed by atoms with Gasteiger partial charge in [-0.3, -0.25) is 10.1 Å². The molecule has 0 heterocycles. The van der Waals surface area contributed by atoms with E-state index >= 15 is 0 Å². The van der Waals surface area contributed by atoms with Crippen molar-refractivity contribution in [2.24, 2.45) is 0 Å². The first-order chi connectivity index (χ1) is 9.79. The van der Waals surface area contributed by atoms with E-state index in [-0.39, 0.29) is 17.7 Å². The monoisotopic (exact) mass is 288 g/mol. The van der Waals surface area contributed by atoms with Crippen LogP contribution in [0.3, 0.4) is 0 Å². The van der Waals surface area contributed by atoms with Gasteiger partial charge in [-0.15, -0.1) is 6.42 Å². The number of nitrogens with one attached hydrogen (secondary N) is 2. The fraction of sp³-hybridized carbons (Fsp3) is 0.471. The highest BCUT2D eigenvalue weighted by Gasteiger charge is 2.20. The molecule has 114 valence electrons. The maximum absolute atomic E-state index is 11.6. The second-order valence-corrected chi connectivity index (χ2v) is 5.71. The number of hydrogen-bond donors (Lipinski definition) is 3. The highest BCUT2D eigenvalue weighted by molar-refractivity contribution is 5.90. The van der Waals surface area contributed by atoms with Crippen molar-refractivity contribution < 1.29 is 9.90 Å². The molecule has 0 bridgehead atoms. The van der Waals surface area contributed by atoms with Crippen molar-refractivity contribution in [3.05, 3.63) is 23.8 Å². The van der Waals surface area contributed by atoms with Gasteiger partial charge < -0.3 is 10.4 Å². The summed E-state index contributed by atoms with van der Waals surface area (Å²) in [6.07, 6.45) is 6.74. The molecule has 0 saturated heterocycles. The molecule has 4 heteroatoms. The lowest BCUT2D eigenvalue weighted by Crippen LogP contribution is -2.39. The number of phenols is 1. The minimum Gasteiger partial charge on any atom is -0.508 e. The molecule has 4 nitrogen and oxygen atoms in total. The topological polar surface area (TPSA) is 61.4 Å². The van der Waals surface area contributed by atoms with Crippen molar-refractivity contribution in [1.29, 1.82) is 0 Å². The van der Waals surface area contributed by atoms with E-state index in [0.717, 1.165) is 6.42 Å². The van der Waals surface area contributed by atoms with E-state index in [1.165, 1.54) is 0 Å². The molecule has 0 aliphatic heterocycles. The van der Waals surface area contributed by atoms with Crippen LogP contribution < -0.4 is 10.6 Å². The number of terminal acetylenes is 1. The van der Waals surface area contributed by atoms with Crippen LogP contribution >= 0.6 is 0 Å². The summed E-state index contributed by atoms with van der Waals surface area (Å²) >= 11 is 0. The van der Waals surface area contributed by atoms with Gasteiger partial charge in [-0.25, -0.2) is 0 Å². The molecular formula is C17H24N2O2. The lowest BCUT2D eigenvalue weighted by atomic mass is 10.0. The number of carbonyl (C=O) groups excluding carboxylic acids is 1. The fourth-order valence-electron chi connectivity index (χ4n) is 2.09. The Bertz CT molecular complexity index is 544. The molecule has 0 aromatic heterocycles. The summed E-state index contributed by atoms with van der Waals surface area (Å²) in [6, 6.07) is 4.90. The Morgan fingerprint density at radius 3 is 2.71 bits per heavy atom. The second-order valence-electron chi connectivity index (χ2n) is 5.71. The Morgan fingerprint density at radius 1 is 1.48 bits per heavy atom. The van der Waals surface area contributed by atoms with Gasteiger partial charge in [0.05, 0.1) is 5.54 Å². The smallest absolute Gasteiger partial charge is 0.224 e. The van der Waals surface area contributed by atoms with Crippen molar-refractivity contribution in [1.82, 2.24) is 5.32 Å². The van der Waals surface area contributed by atoms with Crippen LogP contribution in [0.4, 0.5) is 5.69 Å². The molecule has 1 aromatic rings. The quantitative estimate of drug-likeness (QED) is 0.556. The number of carbonyl (C=O) groups is 1. The Labute approximate surface area is 127 Å². The van der Waals surface area contributed by atoms with Crippen LogP contribution in [0.2, 0.25) is 0 Å². The molecule has 1 atom stereocenters. The maximum atomic E-state index is 11.6. The number of aromatic hydroxyl groups is 1. The third-order valence-corrected chi connectivity index (χ3v) is 3.19. The van der Waals surface area contributed by atoms with Gasteiger partial charge in [0.25, 0.3) is 0 Å². The summed E-state index contributed by atoms with van der Waals surface area (Å²) < 4.78 is 0. The molecule has 0 aliphatic rings. The van der Waals surface area contributed by atoms with Crippen molar-refractivity contribution in [2.75, 3.05) is 5.32 Å². The molecule has 0 saturated carbocycles. The summed E-state index contributed by atoms with van der Waals surface area (Å²) in [5.41, 5.74) is 0.897. The van der Waals surface area contributed by atoms with Gasteiger partial charge in [0.1, 0.15) is 5.75 Å². The van der Waals surface area contributed by atoms with Gasteiger partial charge in [-0.1, -0.05) is 12.8 Å². The largest absolute Gasteiger partial charge is 0.508 e. The Kier molecular flexibility index (Phi) is 5.80. The molecule has 0 aliphatic carbocycles. The summed E-state index contributed by atoms with van der Waals surface area (Å²) in [7, 11) is 0. The fourth-order valence-corrected chi connectivity index (χ4v) is 2.09.